The third kappa shape index (κ3) is 3.84. The summed E-state index contributed by atoms with van der Waals surface area (Å²) < 4.78 is 6.82. The quantitative estimate of drug-likeness (QED) is 0.733. The number of aromatic nitrogens is 5. The van der Waals surface area contributed by atoms with E-state index in [2.05, 4.69) is 20.5 Å². The van der Waals surface area contributed by atoms with Crippen molar-refractivity contribution in [2.75, 3.05) is 0 Å². The van der Waals surface area contributed by atoms with Gasteiger partial charge in [0.1, 0.15) is 0 Å². The Morgan fingerprint density at radius 1 is 1.40 bits per heavy atom. The molecule has 0 saturated heterocycles. The first kappa shape index (κ1) is 14.1. The maximum absolute atomic E-state index is 11.7. The van der Waals surface area contributed by atoms with E-state index >= 15 is 0 Å². The van der Waals surface area contributed by atoms with Gasteiger partial charge in [-0.2, -0.15) is 0 Å². The van der Waals surface area contributed by atoms with Gasteiger partial charge in [0, 0.05) is 18.4 Å². The molecule has 0 fully saturated rings. The summed E-state index contributed by atoms with van der Waals surface area (Å²) in [7, 11) is 0. The van der Waals surface area contributed by atoms with Crippen LogP contribution in [0.2, 0.25) is 0 Å². The molecular weight excluding hydrogens is 258 g/mol. The van der Waals surface area contributed by atoms with Crippen molar-refractivity contribution in [1.82, 2.24) is 25.2 Å². The normalized spacial score (nSPS) is 10.5. The largest absolute Gasteiger partial charge is 0.457 e. The minimum atomic E-state index is -0.318. The summed E-state index contributed by atoms with van der Waals surface area (Å²) in [6.45, 7) is 4.73. The van der Waals surface area contributed by atoms with E-state index in [1.54, 1.807) is 10.9 Å². The van der Waals surface area contributed by atoms with Gasteiger partial charge in [0.15, 0.2) is 12.4 Å². The summed E-state index contributed by atoms with van der Waals surface area (Å²) in [4.78, 5) is 15.9. The second-order valence-corrected chi connectivity index (χ2v) is 4.46. The topological polar surface area (TPSA) is 82.8 Å². The highest BCUT2D eigenvalue weighted by molar-refractivity contribution is 5.72. The van der Waals surface area contributed by atoms with E-state index in [1.807, 2.05) is 26.0 Å². The molecule has 0 aliphatic heterocycles. The number of carbonyl (C=O) groups is 1. The average molecular weight is 275 g/mol. The zero-order chi connectivity index (χ0) is 14.4. The van der Waals surface area contributed by atoms with Crippen LogP contribution in [-0.2, 0) is 29.1 Å². The third-order valence-corrected chi connectivity index (χ3v) is 2.72. The van der Waals surface area contributed by atoms with Crippen LogP contribution in [0.15, 0.2) is 18.3 Å². The molecule has 0 aliphatic carbocycles. The van der Waals surface area contributed by atoms with Crippen LogP contribution in [0.1, 0.15) is 30.4 Å². The molecule has 0 aromatic carbocycles. The number of rotatable bonds is 6. The number of carbonyl (C=O) groups excluding carboxylic acids is 1. The van der Waals surface area contributed by atoms with Crippen molar-refractivity contribution in [3.63, 3.8) is 0 Å². The number of ether oxygens (including phenoxy) is 1. The predicted molar refractivity (Wildman–Crippen MR) is 70.6 cm³/mol. The Morgan fingerprint density at radius 2 is 2.25 bits per heavy atom. The first-order chi connectivity index (χ1) is 9.69. The summed E-state index contributed by atoms with van der Waals surface area (Å²) in [6.07, 6.45) is 2.79. The summed E-state index contributed by atoms with van der Waals surface area (Å²) in [5, 5.41) is 11.2. The summed E-state index contributed by atoms with van der Waals surface area (Å²) in [6, 6.07) is 3.73. The lowest BCUT2D eigenvalue weighted by Gasteiger charge is -2.05. The van der Waals surface area contributed by atoms with Gasteiger partial charge in [-0.1, -0.05) is 13.0 Å². The summed E-state index contributed by atoms with van der Waals surface area (Å²) in [5.41, 5.74) is 1.75. The van der Waals surface area contributed by atoms with Gasteiger partial charge in [-0.15, -0.1) is 5.10 Å². The van der Waals surface area contributed by atoms with E-state index in [-0.39, 0.29) is 19.0 Å². The molecule has 106 valence electrons. The van der Waals surface area contributed by atoms with Crippen LogP contribution < -0.4 is 0 Å². The van der Waals surface area contributed by atoms with Crippen LogP contribution in [-0.4, -0.2) is 31.2 Å². The van der Waals surface area contributed by atoms with Crippen molar-refractivity contribution < 1.29 is 9.53 Å². The monoisotopic (exact) mass is 275 g/mol. The smallest absolute Gasteiger partial charge is 0.310 e. The minimum Gasteiger partial charge on any atom is -0.457 e. The SMILES string of the molecule is CCCn1nnnc1COC(=O)Cc1ccc(C)nc1. The number of hydrogen-bond acceptors (Lipinski definition) is 6. The van der Waals surface area contributed by atoms with Crippen LogP contribution >= 0.6 is 0 Å². The summed E-state index contributed by atoms with van der Waals surface area (Å²) in [5.74, 6) is 0.240. The Balaban J connectivity index is 1.85. The van der Waals surface area contributed by atoms with Crippen molar-refractivity contribution in [1.29, 1.82) is 0 Å². The van der Waals surface area contributed by atoms with E-state index in [0.29, 0.717) is 12.4 Å². The molecule has 2 aromatic rings. The van der Waals surface area contributed by atoms with Gasteiger partial charge in [0.25, 0.3) is 0 Å². The molecule has 0 saturated carbocycles. The van der Waals surface area contributed by atoms with Crippen LogP contribution in [0.25, 0.3) is 0 Å². The van der Waals surface area contributed by atoms with Crippen LogP contribution in [0.5, 0.6) is 0 Å². The van der Waals surface area contributed by atoms with Crippen molar-refractivity contribution >= 4 is 5.97 Å². The Morgan fingerprint density at radius 3 is 2.95 bits per heavy atom. The molecule has 0 spiro atoms. The first-order valence-electron chi connectivity index (χ1n) is 6.51. The Kier molecular flexibility index (Phi) is 4.75. The fourth-order valence-electron chi connectivity index (χ4n) is 1.68. The Labute approximate surface area is 117 Å². The lowest BCUT2D eigenvalue weighted by Crippen LogP contribution is -2.12. The lowest BCUT2D eigenvalue weighted by atomic mass is 10.2. The van der Waals surface area contributed by atoms with Gasteiger partial charge in [-0.05, 0) is 35.4 Å². The van der Waals surface area contributed by atoms with Gasteiger partial charge < -0.3 is 4.74 Å². The maximum atomic E-state index is 11.7. The lowest BCUT2D eigenvalue weighted by molar-refractivity contribution is -0.144. The van der Waals surface area contributed by atoms with Gasteiger partial charge in [-0.25, -0.2) is 4.68 Å². The number of nitrogens with zero attached hydrogens (tertiary/aromatic N) is 5. The molecule has 0 N–H and O–H groups in total. The van der Waals surface area contributed by atoms with E-state index in [1.165, 1.54) is 0 Å². The molecule has 0 unspecified atom stereocenters. The second kappa shape index (κ2) is 6.74. The highest BCUT2D eigenvalue weighted by Gasteiger charge is 2.10. The molecule has 2 rings (SSSR count). The second-order valence-electron chi connectivity index (χ2n) is 4.46. The Bertz CT molecular complexity index is 564. The Hall–Kier alpha value is -2.31. The van der Waals surface area contributed by atoms with Gasteiger partial charge >= 0.3 is 5.97 Å². The van der Waals surface area contributed by atoms with Crippen molar-refractivity contribution in [3.05, 3.63) is 35.4 Å². The third-order valence-electron chi connectivity index (χ3n) is 2.72. The van der Waals surface area contributed by atoms with E-state index in [4.69, 9.17) is 4.74 Å². The molecular formula is C13H17N5O2. The molecule has 20 heavy (non-hydrogen) atoms. The average Bonchev–Trinajstić information content (AvgIpc) is 2.87. The fourth-order valence-corrected chi connectivity index (χ4v) is 1.68. The highest BCUT2D eigenvalue weighted by Crippen LogP contribution is 2.03. The zero-order valence-electron chi connectivity index (χ0n) is 11.6. The predicted octanol–water partition coefficient (Wildman–Crippen LogP) is 1.07. The van der Waals surface area contributed by atoms with Gasteiger partial charge in [0.2, 0.25) is 0 Å². The number of hydrogen-bond donors (Lipinski definition) is 0. The van der Waals surface area contributed by atoms with E-state index in [9.17, 15) is 4.79 Å². The van der Waals surface area contributed by atoms with Crippen LogP contribution in [0, 0.1) is 6.92 Å². The number of tetrazole rings is 1. The molecule has 2 aromatic heterocycles. The fraction of sp³-hybridized carbons (Fsp3) is 0.462. The first-order valence-corrected chi connectivity index (χ1v) is 6.51. The number of aryl methyl sites for hydroxylation is 2. The van der Waals surface area contributed by atoms with Crippen LogP contribution in [0.3, 0.4) is 0 Å². The zero-order valence-corrected chi connectivity index (χ0v) is 11.6. The maximum Gasteiger partial charge on any atom is 0.310 e. The molecule has 0 atom stereocenters. The van der Waals surface area contributed by atoms with E-state index < -0.39 is 0 Å². The molecule has 0 amide bonds. The molecule has 7 heteroatoms. The van der Waals surface area contributed by atoms with Crippen LogP contribution in [0.4, 0.5) is 0 Å². The highest BCUT2D eigenvalue weighted by atomic mass is 16.5. The number of pyridine rings is 1. The standard InChI is InChI=1S/C13H17N5O2/c1-3-6-18-12(15-16-17-18)9-20-13(19)7-11-5-4-10(2)14-8-11/h4-5,8H,3,6-7,9H2,1-2H3. The van der Waals surface area contributed by atoms with Gasteiger partial charge in [0.05, 0.1) is 6.42 Å². The van der Waals surface area contributed by atoms with Gasteiger partial charge in [-0.3, -0.25) is 9.78 Å². The van der Waals surface area contributed by atoms with E-state index in [0.717, 1.165) is 17.7 Å². The molecule has 0 aliphatic rings. The molecule has 2 heterocycles. The molecule has 0 bridgehead atoms. The summed E-state index contributed by atoms with van der Waals surface area (Å²) >= 11 is 0. The number of esters is 1. The molecule has 0 radical (unpaired) electrons. The molecule has 7 nitrogen and oxygen atoms in total. The minimum absolute atomic E-state index is 0.0884. The van der Waals surface area contributed by atoms with Crippen molar-refractivity contribution in [2.24, 2.45) is 0 Å². The van der Waals surface area contributed by atoms with Crippen molar-refractivity contribution in [2.45, 2.75) is 39.8 Å². The van der Waals surface area contributed by atoms with Crippen molar-refractivity contribution in [3.8, 4) is 0 Å².